The largest absolute Gasteiger partial charge is 0.480 e. The molecule has 11 nitrogen and oxygen atoms in total. The van der Waals surface area contributed by atoms with Crippen molar-refractivity contribution in [2.75, 3.05) is 19.8 Å². The second-order valence-corrected chi connectivity index (χ2v) is 9.54. The number of carboxylic acid groups (broad SMARTS) is 1. The summed E-state index contributed by atoms with van der Waals surface area (Å²) in [5, 5.41) is 8.69. The van der Waals surface area contributed by atoms with E-state index in [0.29, 0.717) is 6.42 Å². The third kappa shape index (κ3) is 18.9. The summed E-state index contributed by atoms with van der Waals surface area (Å²) in [6.45, 7) is 2.09. The quantitative estimate of drug-likeness (QED) is 0.110. The summed E-state index contributed by atoms with van der Waals surface area (Å²) < 4.78 is 31.4. The molecule has 0 bridgehead atoms. The minimum absolute atomic E-state index is 0.106. The molecule has 0 aliphatic carbocycles. The van der Waals surface area contributed by atoms with E-state index in [9.17, 15) is 23.8 Å². The molecule has 0 amide bonds. The number of carbonyl (C=O) groups excluding carboxylic acids is 2. The van der Waals surface area contributed by atoms with Gasteiger partial charge in [0.05, 0.1) is 13.2 Å². The first-order chi connectivity index (χ1) is 16.1. The molecule has 0 saturated carbocycles. The Bertz CT molecular complexity index is 631. The maximum absolute atomic E-state index is 12.2. The van der Waals surface area contributed by atoms with Crippen LogP contribution in [0.15, 0.2) is 0 Å². The first kappa shape index (κ1) is 32.5. The highest BCUT2D eigenvalue weighted by molar-refractivity contribution is 7.47. The number of hydrogen-bond acceptors (Lipinski definition) is 9. The Labute approximate surface area is 202 Å². The highest BCUT2D eigenvalue weighted by atomic mass is 31.2. The molecule has 0 aromatic heterocycles. The van der Waals surface area contributed by atoms with Gasteiger partial charge in [0, 0.05) is 12.8 Å². The van der Waals surface area contributed by atoms with Crippen LogP contribution in [0.4, 0.5) is 0 Å². The fourth-order valence-electron chi connectivity index (χ4n) is 2.87. The lowest BCUT2D eigenvalue weighted by Gasteiger charge is -2.20. The molecule has 0 aromatic carbocycles. The SMILES string of the molecule is CCCCCCCCCCCCC(=O)OC(COC(=O)CC)COP(=O)(O)OCC(N)C(=O)O. The van der Waals surface area contributed by atoms with Gasteiger partial charge >= 0.3 is 25.7 Å². The second kappa shape index (κ2) is 19.8. The molecule has 12 heteroatoms. The second-order valence-electron chi connectivity index (χ2n) is 8.09. The van der Waals surface area contributed by atoms with Crippen LogP contribution in [0.2, 0.25) is 0 Å². The fraction of sp³-hybridized carbons (Fsp3) is 0.864. The molecule has 0 spiro atoms. The van der Waals surface area contributed by atoms with Gasteiger partial charge in [-0.1, -0.05) is 71.6 Å². The molecule has 4 N–H and O–H groups in total. The van der Waals surface area contributed by atoms with E-state index in [-0.39, 0.29) is 19.4 Å². The summed E-state index contributed by atoms with van der Waals surface area (Å²) in [4.78, 5) is 43.9. The van der Waals surface area contributed by atoms with Crippen molar-refractivity contribution in [2.45, 2.75) is 103 Å². The Morgan fingerprint density at radius 3 is 1.88 bits per heavy atom. The molecular formula is C22H42NO10P. The first-order valence-corrected chi connectivity index (χ1v) is 13.6. The lowest BCUT2D eigenvalue weighted by Crippen LogP contribution is -2.34. The first-order valence-electron chi connectivity index (χ1n) is 12.1. The summed E-state index contributed by atoms with van der Waals surface area (Å²) >= 11 is 0. The van der Waals surface area contributed by atoms with E-state index in [1.807, 2.05) is 0 Å². The lowest BCUT2D eigenvalue weighted by atomic mass is 10.1. The van der Waals surface area contributed by atoms with Gasteiger partial charge in [0.2, 0.25) is 0 Å². The van der Waals surface area contributed by atoms with Crippen LogP contribution in [-0.4, -0.2) is 59.9 Å². The highest BCUT2D eigenvalue weighted by Crippen LogP contribution is 2.43. The zero-order valence-electron chi connectivity index (χ0n) is 20.4. The monoisotopic (exact) mass is 511 g/mol. The van der Waals surface area contributed by atoms with E-state index in [4.69, 9.17) is 24.8 Å². The van der Waals surface area contributed by atoms with Gasteiger partial charge in [-0.25, -0.2) is 4.57 Å². The summed E-state index contributed by atoms with van der Waals surface area (Å²) in [6, 6.07) is -1.51. The molecule has 0 aliphatic rings. The van der Waals surface area contributed by atoms with Gasteiger partial charge in [-0.05, 0) is 6.42 Å². The minimum Gasteiger partial charge on any atom is -0.480 e. The van der Waals surface area contributed by atoms with Gasteiger partial charge in [-0.15, -0.1) is 0 Å². The number of carboxylic acids is 1. The number of aliphatic carboxylic acids is 1. The number of unbranched alkanes of at least 4 members (excludes halogenated alkanes) is 9. The Morgan fingerprint density at radius 2 is 1.35 bits per heavy atom. The minimum atomic E-state index is -4.66. The lowest BCUT2D eigenvalue weighted by molar-refractivity contribution is -0.161. The zero-order chi connectivity index (χ0) is 25.8. The number of rotatable bonds is 22. The smallest absolute Gasteiger partial charge is 0.472 e. The van der Waals surface area contributed by atoms with Gasteiger partial charge in [0.15, 0.2) is 6.10 Å². The number of phosphoric ester groups is 1. The van der Waals surface area contributed by atoms with Gasteiger partial charge in [0.1, 0.15) is 12.6 Å². The molecule has 200 valence electrons. The van der Waals surface area contributed by atoms with Gasteiger partial charge in [-0.3, -0.25) is 23.4 Å². The number of ether oxygens (including phenoxy) is 2. The van der Waals surface area contributed by atoms with Crippen molar-refractivity contribution in [2.24, 2.45) is 5.73 Å². The van der Waals surface area contributed by atoms with Gasteiger partial charge in [-0.2, -0.15) is 0 Å². The molecule has 0 heterocycles. The number of carbonyl (C=O) groups is 3. The van der Waals surface area contributed by atoms with Crippen molar-refractivity contribution in [3.63, 3.8) is 0 Å². The molecule has 0 aromatic rings. The van der Waals surface area contributed by atoms with Crippen molar-refractivity contribution < 1.29 is 47.5 Å². The molecule has 3 unspecified atom stereocenters. The average Bonchev–Trinajstić information content (AvgIpc) is 2.80. The fourth-order valence-corrected chi connectivity index (χ4v) is 3.64. The van der Waals surface area contributed by atoms with Crippen molar-refractivity contribution in [1.29, 1.82) is 0 Å². The Kier molecular flexibility index (Phi) is 18.9. The molecule has 0 saturated heterocycles. The highest BCUT2D eigenvalue weighted by Gasteiger charge is 2.28. The normalized spacial score (nSPS) is 14.7. The molecular weight excluding hydrogens is 469 g/mol. The Balaban J connectivity index is 4.35. The maximum Gasteiger partial charge on any atom is 0.472 e. The van der Waals surface area contributed by atoms with Crippen LogP contribution in [-0.2, 0) is 37.5 Å². The van der Waals surface area contributed by atoms with E-state index in [1.165, 1.54) is 38.5 Å². The van der Waals surface area contributed by atoms with E-state index in [0.717, 1.165) is 19.3 Å². The van der Waals surface area contributed by atoms with Crippen LogP contribution in [0.5, 0.6) is 0 Å². The standard InChI is InChI=1S/C22H42NO10P/c1-3-5-6-7-8-9-10-11-12-13-14-21(25)33-18(15-30-20(24)4-2)16-31-34(28,29)32-17-19(23)22(26)27/h18-19H,3-17,23H2,1-2H3,(H,26,27)(H,28,29). The Hall–Kier alpha value is -1.52. The van der Waals surface area contributed by atoms with E-state index in [1.54, 1.807) is 6.92 Å². The Morgan fingerprint density at radius 1 is 0.824 bits per heavy atom. The zero-order valence-corrected chi connectivity index (χ0v) is 21.3. The summed E-state index contributed by atoms with van der Waals surface area (Å²) in [5.41, 5.74) is 5.21. The van der Waals surface area contributed by atoms with E-state index < -0.39 is 51.1 Å². The maximum atomic E-state index is 12.2. The molecule has 0 radical (unpaired) electrons. The van der Waals surface area contributed by atoms with Crippen LogP contribution in [0.25, 0.3) is 0 Å². The third-order valence-corrected chi connectivity index (χ3v) is 5.86. The van der Waals surface area contributed by atoms with Crippen LogP contribution in [0.1, 0.15) is 90.9 Å². The van der Waals surface area contributed by atoms with Crippen LogP contribution in [0.3, 0.4) is 0 Å². The van der Waals surface area contributed by atoms with Gasteiger partial charge < -0.3 is 25.2 Å². The van der Waals surface area contributed by atoms with Crippen molar-refractivity contribution in [1.82, 2.24) is 0 Å². The van der Waals surface area contributed by atoms with Crippen molar-refractivity contribution in [3.05, 3.63) is 0 Å². The van der Waals surface area contributed by atoms with Crippen LogP contribution < -0.4 is 5.73 Å². The average molecular weight is 512 g/mol. The summed E-state index contributed by atoms with van der Waals surface area (Å²) in [6.07, 6.45) is 10.3. The number of hydrogen-bond donors (Lipinski definition) is 3. The number of nitrogens with two attached hydrogens (primary N) is 1. The number of esters is 2. The van der Waals surface area contributed by atoms with Crippen molar-refractivity contribution >= 4 is 25.7 Å². The predicted molar refractivity (Wildman–Crippen MR) is 125 cm³/mol. The van der Waals surface area contributed by atoms with E-state index >= 15 is 0 Å². The van der Waals surface area contributed by atoms with Crippen LogP contribution >= 0.6 is 7.82 Å². The topological polar surface area (TPSA) is 172 Å². The summed E-state index contributed by atoms with van der Waals surface area (Å²) in [5.74, 6) is -2.49. The molecule has 0 rings (SSSR count). The molecule has 3 atom stereocenters. The molecule has 0 fully saturated rings. The number of phosphoric acid groups is 1. The molecule has 0 aliphatic heterocycles. The predicted octanol–water partition coefficient (Wildman–Crippen LogP) is 3.71. The van der Waals surface area contributed by atoms with Gasteiger partial charge in [0.25, 0.3) is 0 Å². The third-order valence-electron chi connectivity index (χ3n) is 4.91. The summed E-state index contributed by atoms with van der Waals surface area (Å²) in [7, 11) is -4.66. The van der Waals surface area contributed by atoms with E-state index in [2.05, 4.69) is 11.4 Å². The van der Waals surface area contributed by atoms with Crippen LogP contribution in [0, 0.1) is 0 Å². The van der Waals surface area contributed by atoms with Crippen molar-refractivity contribution in [3.8, 4) is 0 Å². The molecule has 34 heavy (non-hydrogen) atoms.